The van der Waals surface area contributed by atoms with Crippen molar-refractivity contribution < 1.29 is 14.3 Å². The van der Waals surface area contributed by atoms with Crippen LogP contribution in [0.4, 0.5) is 10.6 Å². The number of ether oxygens (including phenoxy) is 2. The normalized spacial score (nSPS) is 11.5. The first-order valence-electron chi connectivity index (χ1n) is 8.14. The van der Waals surface area contributed by atoms with Crippen LogP contribution in [0.25, 0.3) is 0 Å². The van der Waals surface area contributed by atoms with E-state index in [9.17, 15) is 4.79 Å². The third-order valence-corrected chi connectivity index (χ3v) is 3.83. The molecule has 0 radical (unpaired) electrons. The summed E-state index contributed by atoms with van der Waals surface area (Å²) < 4.78 is 10.6. The first-order valence-corrected chi connectivity index (χ1v) is 8.14. The molecular weight excluding hydrogens is 334 g/mol. The fraction of sp³-hybridized carbons (Fsp3) is 0.278. The highest BCUT2D eigenvalue weighted by molar-refractivity contribution is 5.73. The Labute approximate surface area is 151 Å². The Morgan fingerprint density at radius 1 is 1.31 bits per heavy atom. The molecule has 0 bridgehead atoms. The average molecular weight is 353 g/mol. The smallest absolute Gasteiger partial charge is 0.317 e. The van der Waals surface area contributed by atoms with E-state index in [4.69, 9.17) is 14.7 Å². The minimum atomic E-state index is -0.189. The van der Waals surface area contributed by atoms with Gasteiger partial charge in [0.15, 0.2) is 11.5 Å². The number of rotatable bonds is 6. The van der Waals surface area contributed by atoms with Crippen LogP contribution in [0, 0.1) is 11.3 Å². The monoisotopic (exact) mass is 353 g/mol. The second kappa shape index (κ2) is 8.07. The number of amides is 2. The maximum Gasteiger partial charge on any atom is 0.317 e. The molecule has 3 rings (SSSR count). The molecule has 0 aliphatic carbocycles. The van der Waals surface area contributed by atoms with Gasteiger partial charge in [-0.15, -0.1) is 0 Å². The Bertz CT molecular complexity index is 834. The van der Waals surface area contributed by atoms with Gasteiger partial charge in [-0.05, 0) is 29.8 Å². The van der Waals surface area contributed by atoms with Crippen LogP contribution in [0.3, 0.4) is 0 Å². The van der Waals surface area contributed by atoms with Gasteiger partial charge >= 0.3 is 6.03 Å². The molecule has 1 aliphatic rings. The lowest BCUT2D eigenvalue weighted by molar-refractivity contribution is 0.174. The van der Waals surface area contributed by atoms with Crippen molar-refractivity contribution in [3.63, 3.8) is 0 Å². The number of nitrogens with zero attached hydrogens (tertiary/aromatic N) is 3. The van der Waals surface area contributed by atoms with E-state index in [1.165, 1.54) is 0 Å². The van der Waals surface area contributed by atoms with E-state index in [1.54, 1.807) is 30.3 Å². The number of fused-ring (bicyclic) bond motifs is 1. The standard InChI is InChI=1S/C18H19N5O3/c1-23(11-13-4-5-15-16(9-13)26-12-25-15)18(24)22-8-7-21-17-14(10-19)3-2-6-20-17/h2-6,9H,7-8,11-12H2,1H3,(H,20,21)(H,22,24). The Morgan fingerprint density at radius 3 is 3.00 bits per heavy atom. The van der Waals surface area contributed by atoms with Gasteiger partial charge in [-0.25, -0.2) is 9.78 Å². The molecule has 0 saturated heterocycles. The van der Waals surface area contributed by atoms with E-state index >= 15 is 0 Å². The molecule has 0 saturated carbocycles. The lowest BCUT2D eigenvalue weighted by Gasteiger charge is -2.18. The summed E-state index contributed by atoms with van der Waals surface area (Å²) in [6.45, 7) is 1.56. The van der Waals surface area contributed by atoms with Gasteiger partial charge in [0.05, 0.1) is 5.56 Å². The number of nitriles is 1. The molecule has 0 atom stereocenters. The summed E-state index contributed by atoms with van der Waals surface area (Å²) in [6, 6.07) is 10.9. The summed E-state index contributed by atoms with van der Waals surface area (Å²) >= 11 is 0. The Hall–Kier alpha value is -3.47. The minimum Gasteiger partial charge on any atom is -0.454 e. The van der Waals surface area contributed by atoms with Crippen LogP contribution < -0.4 is 20.1 Å². The lowest BCUT2D eigenvalue weighted by atomic mass is 10.2. The molecule has 0 fully saturated rings. The van der Waals surface area contributed by atoms with Crippen LogP contribution >= 0.6 is 0 Å². The number of carbonyl (C=O) groups excluding carboxylic acids is 1. The molecule has 1 aromatic heterocycles. The first kappa shape index (κ1) is 17.4. The van der Waals surface area contributed by atoms with Crippen molar-refractivity contribution in [3.8, 4) is 17.6 Å². The molecular formula is C18H19N5O3. The van der Waals surface area contributed by atoms with Gasteiger partial charge in [0.1, 0.15) is 11.9 Å². The molecule has 2 aromatic rings. The number of pyridine rings is 1. The number of urea groups is 1. The van der Waals surface area contributed by atoms with E-state index < -0.39 is 0 Å². The first-order chi connectivity index (χ1) is 12.7. The predicted molar refractivity (Wildman–Crippen MR) is 94.9 cm³/mol. The largest absolute Gasteiger partial charge is 0.454 e. The molecule has 2 heterocycles. The van der Waals surface area contributed by atoms with Crippen molar-refractivity contribution in [2.24, 2.45) is 0 Å². The van der Waals surface area contributed by atoms with Gasteiger partial charge in [0.2, 0.25) is 6.79 Å². The van der Waals surface area contributed by atoms with E-state index in [2.05, 4.69) is 21.7 Å². The maximum atomic E-state index is 12.2. The number of nitrogens with one attached hydrogen (secondary N) is 2. The molecule has 2 N–H and O–H groups in total. The van der Waals surface area contributed by atoms with Gasteiger partial charge in [0.25, 0.3) is 0 Å². The maximum absolute atomic E-state index is 12.2. The number of hydrogen-bond acceptors (Lipinski definition) is 6. The highest BCUT2D eigenvalue weighted by Crippen LogP contribution is 2.32. The summed E-state index contributed by atoms with van der Waals surface area (Å²) in [5, 5.41) is 14.9. The van der Waals surface area contributed by atoms with Gasteiger partial charge in [-0.3, -0.25) is 0 Å². The molecule has 8 nitrogen and oxygen atoms in total. The van der Waals surface area contributed by atoms with Gasteiger partial charge < -0.3 is 25.0 Å². The molecule has 1 aliphatic heterocycles. The Kier molecular flexibility index (Phi) is 5.39. The third kappa shape index (κ3) is 4.13. The van der Waals surface area contributed by atoms with Crippen LogP contribution in [0.15, 0.2) is 36.5 Å². The predicted octanol–water partition coefficient (Wildman–Crippen LogP) is 1.94. The van der Waals surface area contributed by atoms with Gasteiger partial charge in [0, 0.05) is 32.9 Å². The van der Waals surface area contributed by atoms with Crippen molar-refractivity contribution in [1.29, 1.82) is 5.26 Å². The third-order valence-electron chi connectivity index (χ3n) is 3.83. The number of hydrogen-bond donors (Lipinski definition) is 2. The van der Waals surface area contributed by atoms with Crippen molar-refractivity contribution >= 4 is 11.8 Å². The molecule has 134 valence electrons. The second-order valence-electron chi connectivity index (χ2n) is 5.71. The van der Waals surface area contributed by atoms with Crippen LogP contribution in [0.5, 0.6) is 11.5 Å². The quantitative estimate of drug-likeness (QED) is 0.770. The van der Waals surface area contributed by atoms with E-state index in [1.807, 2.05) is 18.2 Å². The number of carbonyl (C=O) groups is 1. The van der Waals surface area contributed by atoms with Gasteiger partial charge in [-0.2, -0.15) is 5.26 Å². The van der Waals surface area contributed by atoms with Gasteiger partial charge in [-0.1, -0.05) is 6.07 Å². The summed E-state index contributed by atoms with van der Waals surface area (Å²) in [6.07, 6.45) is 1.61. The van der Waals surface area contributed by atoms with Crippen molar-refractivity contribution in [2.75, 3.05) is 32.2 Å². The summed E-state index contributed by atoms with van der Waals surface area (Å²) in [4.78, 5) is 17.9. The summed E-state index contributed by atoms with van der Waals surface area (Å²) in [5.74, 6) is 1.93. The van der Waals surface area contributed by atoms with E-state index in [-0.39, 0.29) is 12.8 Å². The summed E-state index contributed by atoms with van der Waals surface area (Å²) in [7, 11) is 1.72. The van der Waals surface area contributed by atoms with Crippen molar-refractivity contribution in [1.82, 2.24) is 15.2 Å². The molecule has 0 spiro atoms. The zero-order valence-corrected chi connectivity index (χ0v) is 14.4. The average Bonchev–Trinajstić information content (AvgIpc) is 3.13. The topological polar surface area (TPSA) is 99.5 Å². The van der Waals surface area contributed by atoms with Crippen LogP contribution in [-0.4, -0.2) is 42.8 Å². The Morgan fingerprint density at radius 2 is 2.15 bits per heavy atom. The highest BCUT2D eigenvalue weighted by atomic mass is 16.7. The van der Waals surface area contributed by atoms with Crippen LogP contribution in [0.2, 0.25) is 0 Å². The molecule has 8 heteroatoms. The lowest BCUT2D eigenvalue weighted by Crippen LogP contribution is -2.39. The van der Waals surface area contributed by atoms with E-state index in [0.29, 0.717) is 36.8 Å². The highest BCUT2D eigenvalue weighted by Gasteiger charge is 2.15. The van der Waals surface area contributed by atoms with Crippen molar-refractivity contribution in [3.05, 3.63) is 47.7 Å². The second-order valence-corrected chi connectivity index (χ2v) is 5.71. The number of anilines is 1. The number of aromatic nitrogens is 1. The Balaban J connectivity index is 1.44. The van der Waals surface area contributed by atoms with E-state index in [0.717, 1.165) is 11.3 Å². The molecule has 2 amide bonds. The fourth-order valence-corrected chi connectivity index (χ4v) is 2.51. The van der Waals surface area contributed by atoms with Crippen molar-refractivity contribution in [2.45, 2.75) is 6.54 Å². The zero-order valence-electron chi connectivity index (χ0n) is 14.4. The minimum absolute atomic E-state index is 0.189. The number of benzene rings is 1. The SMILES string of the molecule is CN(Cc1ccc2c(c1)OCO2)C(=O)NCCNc1ncccc1C#N. The zero-order chi connectivity index (χ0) is 18.4. The van der Waals surface area contributed by atoms with Crippen LogP contribution in [0.1, 0.15) is 11.1 Å². The summed E-state index contributed by atoms with van der Waals surface area (Å²) in [5.41, 5.74) is 1.43. The van der Waals surface area contributed by atoms with Crippen LogP contribution in [-0.2, 0) is 6.54 Å². The molecule has 1 aromatic carbocycles. The molecule has 26 heavy (non-hydrogen) atoms. The molecule has 0 unspecified atom stereocenters. The fourth-order valence-electron chi connectivity index (χ4n) is 2.51.